The van der Waals surface area contributed by atoms with E-state index in [0.29, 0.717) is 32.2 Å². The smallest absolute Gasteiger partial charge is 0.128 e. The monoisotopic (exact) mass is 371 g/mol. The van der Waals surface area contributed by atoms with Crippen molar-refractivity contribution in [3.8, 4) is 0 Å². The first-order valence-electron chi connectivity index (χ1n) is 9.85. The fourth-order valence-corrected chi connectivity index (χ4v) is 4.03. The topological polar surface area (TPSA) is 70.8 Å². The molecule has 2 aliphatic rings. The van der Waals surface area contributed by atoms with Crippen LogP contribution in [0.25, 0.3) is 0 Å². The second-order valence-corrected chi connectivity index (χ2v) is 7.96. The predicted molar refractivity (Wildman–Crippen MR) is 102 cm³/mol. The Morgan fingerprint density at radius 3 is 2.85 bits per heavy atom. The lowest BCUT2D eigenvalue weighted by molar-refractivity contribution is -0.122. The number of aromatic nitrogens is 1. The molecule has 2 heterocycles. The SMILES string of the molecule is C[C@@H]1COC[C@@](CO)(CNCc2conc2C2CC2)N1Cc1ccccc1. The Kier molecular flexibility index (Phi) is 5.59. The van der Waals surface area contributed by atoms with Gasteiger partial charge < -0.3 is 19.7 Å². The van der Waals surface area contributed by atoms with E-state index >= 15 is 0 Å². The second-order valence-electron chi connectivity index (χ2n) is 7.96. The van der Waals surface area contributed by atoms with Crippen molar-refractivity contribution in [1.29, 1.82) is 0 Å². The maximum absolute atomic E-state index is 10.3. The van der Waals surface area contributed by atoms with E-state index in [1.807, 2.05) is 6.07 Å². The van der Waals surface area contributed by atoms with E-state index in [-0.39, 0.29) is 12.6 Å². The summed E-state index contributed by atoms with van der Waals surface area (Å²) in [7, 11) is 0. The minimum Gasteiger partial charge on any atom is -0.394 e. The van der Waals surface area contributed by atoms with Gasteiger partial charge in [-0.05, 0) is 25.3 Å². The summed E-state index contributed by atoms with van der Waals surface area (Å²) in [5, 5.41) is 18.0. The lowest BCUT2D eigenvalue weighted by Crippen LogP contribution is -2.66. The van der Waals surface area contributed by atoms with Gasteiger partial charge >= 0.3 is 0 Å². The zero-order valence-corrected chi connectivity index (χ0v) is 15.9. The number of hydrogen-bond acceptors (Lipinski definition) is 6. The minimum atomic E-state index is -0.440. The van der Waals surface area contributed by atoms with Crippen LogP contribution in [-0.4, -0.2) is 53.1 Å². The highest BCUT2D eigenvalue weighted by molar-refractivity contribution is 5.23. The maximum atomic E-state index is 10.3. The molecule has 146 valence electrons. The summed E-state index contributed by atoms with van der Waals surface area (Å²) >= 11 is 0. The van der Waals surface area contributed by atoms with E-state index in [1.165, 1.54) is 18.4 Å². The predicted octanol–water partition coefficient (Wildman–Crippen LogP) is 2.29. The molecule has 2 atom stereocenters. The Morgan fingerprint density at radius 1 is 1.30 bits per heavy atom. The highest BCUT2D eigenvalue weighted by atomic mass is 16.5. The molecule has 27 heavy (non-hydrogen) atoms. The standard InChI is InChI=1S/C21H29N3O3/c1-16-11-26-15-21(14-25,24(16)10-17-5-3-2-4-6-17)13-22-9-19-12-27-23-20(19)18-7-8-18/h2-6,12,16,18,22,25H,7-11,13-15H2,1H3/t16-,21+/m1/s1. The molecule has 0 unspecified atom stereocenters. The lowest BCUT2D eigenvalue weighted by atomic mass is 9.94. The first-order chi connectivity index (χ1) is 13.2. The average Bonchev–Trinajstić information content (AvgIpc) is 3.44. The lowest BCUT2D eigenvalue weighted by Gasteiger charge is -2.49. The third kappa shape index (κ3) is 4.09. The second kappa shape index (κ2) is 8.10. The molecule has 4 rings (SSSR count). The van der Waals surface area contributed by atoms with Crippen LogP contribution in [0.1, 0.15) is 42.5 Å². The molecule has 1 aromatic carbocycles. The Balaban J connectivity index is 1.45. The summed E-state index contributed by atoms with van der Waals surface area (Å²) in [5.41, 5.74) is 3.03. The van der Waals surface area contributed by atoms with Crippen LogP contribution in [0.3, 0.4) is 0 Å². The van der Waals surface area contributed by atoms with Crippen LogP contribution in [0.2, 0.25) is 0 Å². The Labute approximate surface area is 160 Å². The molecule has 2 fully saturated rings. The van der Waals surface area contributed by atoms with Crippen molar-refractivity contribution in [2.24, 2.45) is 0 Å². The molecule has 1 saturated heterocycles. The zero-order chi connectivity index (χ0) is 18.7. The molecule has 1 aliphatic heterocycles. The van der Waals surface area contributed by atoms with Crippen LogP contribution in [-0.2, 0) is 17.8 Å². The molecule has 0 amide bonds. The molecule has 1 saturated carbocycles. The van der Waals surface area contributed by atoms with E-state index in [1.54, 1.807) is 6.26 Å². The van der Waals surface area contributed by atoms with Gasteiger partial charge in [-0.3, -0.25) is 4.90 Å². The van der Waals surface area contributed by atoms with Gasteiger partial charge in [0.25, 0.3) is 0 Å². The van der Waals surface area contributed by atoms with Crippen LogP contribution >= 0.6 is 0 Å². The fraction of sp³-hybridized carbons (Fsp3) is 0.571. The van der Waals surface area contributed by atoms with Gasteiger partial charge in [0.1, 0.15) is 6.26 Å². The molecule has 1 aromatic heterocycles. The first kappa shape index (κ1) is 18.6. The molecule has 2 aromatic rings. The number of aliphatic hydroxyl groups is 1. The summed E-state index contributed by atoms with van der Waals surface area (Å²) in [6.45, 7) is 5.57. The van der Waals surface area contributed by atoms with Crippen LogP contribution in [0.15, 0.2) is 41.1 Å². The highest BCUT2D eigenvalue weighted by Gasteiger charge is 2.42. The van der Waals surface area contributed by atoms with Crippen molar-refractivity contribution in [1.82, 2.24) is 15.4 Å². The number of morpholine rings is 1. The average molecular weight is 371 g/mol. The van der Waals surface area contributed by atoms with Gasteiger partial charge in [0.2, 0.25) is 0 Å². The van der Waals surface area contributed by atoms with Gasteiger partial charge in [-0.2, -0.15) is 0 Å². The number of nitrogens with one attached hydrogen (secondary N) is 1. The molecule has 0 radical (unpaired) electrons. The number of benzene rings is 1. The van der Waals surface area contributed by atoms with Crippen molar-refractivity contribution in [2.75, 3.05) is 26.4 Å². The molecule has 0 bridgehead atoms. The zero-order valence-electron chi connectivity index (χ0n) is 15.9. The third-order valence-electron chi connectivity index (χ3n) is 5.77. The van der Waals surface area contributed by atoms with Gasteiger partial charge in [0, 0.05) is 37.2 Å². The molecule has 0 spiro atoms. The highest BCUT2D eigenvalue weighted by Crippen LogP contribution is 2.40. The third-order valence-corrected chi connectivity index (χ3v) is 5.77. The molecule has 1 aliphatic carbocycles. The van der Waals surface area contributed by atoms with Gasteiger partial charge in [-0.1, -0.05) is 35.5 Å². The van der Waals surface area contributed by atoms with Crippen LogP contribution in [0.5, 0.6) is 0 Å². The Bertz CT molecular complexity index is 731. The number of hydrogen-bond donors (Lipinski definition) is 2. The van der Waals surface area contributed by atoms with E-state index in [2.05, 4.69) is 46.6 Å². The largest absolute Gasteiger partial charge is 0.394 e. The minimum absolute atomic E-state index is 0.0519. The molecular weight excluding hydrogens is 342 g/mol. The fourth-order valence-electron chi connectivity index (χ4n) is 4.03. The summed E-state index contributed by atoms with van der Waals surface area (Å²) in [4.78, 5) is 2.38. The Morgan fingerprint density at radius 2 is 2.11 bits per heavy atom. The number of ether oxygens (including phenoxy) is 1. The van der Waals surface area contributed by atoms with Crippen molar-refractivity contribution in [2.45, 2.75) is 50.4 Å². The Hall–Kier alpha value is -1.73. The summed E-state index contributed by atoms with van der Waals surface area (Å²) in [5.74, 6) is 0.569. The van der Waals surface area contributed by atoms with E-state index in [9.17, 15) is 5.11 Å². The molecule has 6 nitrogen and oxygen atoms in total. The van der Waals surface area contributed by atoms with Gasteiger partial charge in [0.15, 0.2) is 0 Å². The van der Waals surface area contributed by atoms with Crippen molar-refractivity contribution in [3.63, 3.8) is 0 Å². The summed E-state index contributed by atoms with van der Waals surface area (Å²) < 4.78 is 11.0. The van der Waals surface area contributed by atoms with Crippen LogP contribution < -0.4 is 5.32 Å². The summed E-state index contributed by atoms with van der Waals surface area (Å²) in [6, 6.07) is 10.7. The van der Waals surface area contributed by atoms with Gasteiger partial charge in [0.05, 0.1) is 31.1 Å². The van der Waals surface area contributed by atoms with E-state index < -0.39 is 5.54 Å². The van der Waals surface area contributed by atoms with Crippen molar-refractivity contribution in [3.05, 3.63) is 53.4 Å². The van der Waals surface area contributed by atoms with Gasteiger partial charge in [-0.25, -0.2) is 0 Å². The van der Waals surface area contributed by atoms with Gasteiger partial charge in [-0.15, -0.1) is 0 Å². The number of nitrogens with zero attached hydrogens (tertiary/aromatic N) is 2. The number of aliphatic hydroxyl groups excluding tert-OH is 1. The van der Waals surface area contributed by atoms with Crippen molar-refractivity contribution < 1.29 is 14.4 Å². The molecular formula is C21H29N3O3. The number of rotatable bonds is 8. The maximum Gasteiger partial charge on any atom is 0.128 e. The van der Waals surface area contributed by atoms with E-state index in [0.717, 1.165) is 17.8 Å². The first-order valence-corrected chi connectivity index (χ1v) is 9.85. The van der Waals surface area contributed by atoms with Crippen LogP contribution in [0.4, 0.5) is 0 Å². The normalized spacial score (nSPS) is 26.4. The quantitative estimate of drug-likeness (QED) is 0.742. The molecule has 2 N–H and O–H groups in total. The van der Waals surface area contributed by atoms with Crippen molar-refractivity contribution >= 4 is 0 Å². The van der Waals surface area contributed by atoms with Crippen LogP contribution in [0, 0.1) is 0 Å². The summed E-state index contributed by atoms with van der Waals surface area (Å²) in [6.07, 6.45) is 4.15. The van der Waals surface area contributed by atoms with E-state index in [4.69, 9.17) is 9.26 Å². The molecule has 6 heteroatoms.